The van der Waals surface area contributed by atoms with E-state index in [0.717, 1.165) is 6.07 Å². The van der Waals surface area contributed by atoms with Gasteiger partial charge in [0.05, 0.1) is 21.4 Å². The Hall–Kier alpha value is -1.00. The lowest BCUT2D eigenvalue weighted by Gasteiger charge is -2.28. The summed E-state index contributed by atoms with van der Waals surface area (Å²) in [6, 6.07) is 4.70. The number of aliphatic hydroxyl groups excluding tert-OH is 1. The summed E-state index contributed by atoms with van der Waals surface area (Å²) >= 11 is 0. The Morgan fingerprint density at radius 3 is 2.15 bits per heavy atom. The minimum absolute atomic E-state index is 0.238. The van der Waals surface area contributed by atoms with Gasteiger partial charge in [-0.1, -0.05) is 6.07 Å². The van der Waals surface area contributed by atoms with E-state index in [9.17, 15) is 21.9 Å². The molecule has 0 aliphatic carbocycles. The van der Waals surface area contributed by atoms with Gasteiger partial charge in [-0.2, -0.15) is 0 Å². The second-order valence-electron chi connectivity index (χ2n) is 5.02. The summed E-state index contributed by atoms with van der Waals surface area (Å²) in [5.74, 6) is 0. The van der Waals surface area contributed by atoms with Crippen LogP contribution >= 0.6 is 0 Å². The van der Waals surface area contributed by atoms with Crippen molar-refractivity contribution in [1.29, 1.82) is 0 Å². The molecule has 1 unspecified atom stereocenters. The Bertz CT molecular complexity index is 693. The predicted molar refractivity (Wildman–Crippen MR) is 73.9 cm³/mol. The van der Waals surface area contributed by atoms with Crippen LogP contribution in [0.4, 0.5) is 0 Å². The van der Waals surface area contributed by atoms with Crippen molar-refractivity contribution < 1.29 is 21.9 Å². The molecule has 0 saturated carbocycles. The first-order chi connectivity index (χ1) is 8.86. The Kier molecular flexibility index (Phi) is 4.62. The van der Waals surface area contributed by atoms with Gasteiger partial charge >= 0.3 is 0 Å². The number of nitrogens with two attached hydrogens (primary N) is 1. The fourth-order valence-electron chi connectivity index (χ4n) is 1.31. The highest BCUT2D eigenvalue weighted by molar-refractivity contribution is 7.90. The lowest BCUT2D eigenvalue weighted by molar-refractivity contribution is 0.111. The number of nitrogens with one attached hydrogen (secondary N) is 1. The van der Waals surface area contributed by atoms with Gasteiger partial charge in [-0.15, -0.1) is 0 Å². The number of hydrogen-bond donors (Lipinski definition) is 3. The van der Waals surface area contributed by atoms with Crippen LogP contribution in [0, 0.1) is 0 Å². The van der Waals surface area contributed by atoms with Crippen LogP contribution in [0.15, 0.2) is 34.1 Å². The summed E-state index contributed by atoms with van der Waals surface area (Å²) in [6.07, 6.45) is -0.932. The van der Waals surface area contributed by atoms with Crippen molar-refractivity contribution in [2.24, 2.45) is 5.14 Å². The molecular weight excluding hydrogens is 304 g/mol. The van der Waals surface area contributed by atoms with Gasteiger partial charge in [-0.25, -0.2) is 26.7 Å². The van der Waals surface area contributed by atoms with Crippen LogP contribution in [0.3, 0.4) is 0 Å². The molecule has 0 aliphatic heterocycles. The zero-order valence-electron chi connectivity index (χ0n) is 11.4. The molecule has 0 fully saturated rings. The van der Waals surface area contributed by atoms with E-state index in [2.05, 4.69) is 4.72 Å². The van der Waals surface area contributed by atoms with Crippen LogP contribution in [-0.4, -0.2) is 33.6 Å². The molecule has 4 N–H and O–H groups in total. The molecule has 1 atom stereocenters. The quantitative estimate of drug-likeness (QED) is 0.690. The Labute approximate surface area is 118 Å². The van der Waals surface area contributed by atoms with E-state index in [1.54, 1.807) is 0 Å². The topological polar surface area (TPSA) is 127 Å². The minimum Gasteiger partial charge on any atom is -0.391 e. The normalized spacial score (nSPS) is 15.1. The maximum absolute atomic E-state index is 12.2. The van der Waals surface area contributed by atoms with Crippen molar-refractivity contribution in [2.45, 2.75) is 42.2 Å². The standard InChI is InChI=1S/C11H18N2O5S2/c1-8(14)11(2,3)13-20(17,18)10-6-4-5-9(7-10)19(12,15)16/h4-8,13-14H,1-3H3,(H2,12,15,16). The molecule has 1 aromatic rings. The molecule has 0 bridgehead atoms. The van der Waals surface area contributed by atoms with Crippen molar-refractivity contribution in [2.75, 3.05) is 0 Å². The van der Waals surface area contributed by atoms with Crippen LogP contribution in [0.25, 0.3) is 0 Å². The largest absolute Gasteiger partial charge is 0.391 e. The van der Waals surface area contributed by atoms with E-state index in [1.165, 1.54) is 39.0 Å². The maximum atomic E-state index is 12.2. The fraction of sp³-hybridized carbons (Fsp3) is 0.455. The second kappa shape index (κ2) is 5.41. The van der Waals surface area contributed by atoms with E-state index >= 15 is 0 Å². The maximum Gasteiger partial charge on any atom is 0.241 e. The Morgan fingerprint density at radius 1 is 1.20 bits per heavy atom. The zero-order chi connectivity index (χ0) is 15.8. The molecule has 0 amide bonds. The lowest BCUT2D eigenvalue weighted by atomic mass is 10.0. The third kappa shape index (κ3) is 4.00. The summed E-state index contributed by atoms with van der Waals surface area (Å²) in [6.45, 7) is 4.47. The van der Waals surface area contributed by atoms with E-state index in [0.29, 0.717) is 0 Å². The Balaban J connectivity index is 3.25. The molecule has 0 aliphatic rings. The fourth-order valence-corrected chi connectivity index (χ4v) is 3.46. The molecule has 0 spiro atoms. The number of aliphatic hydroxyl groups is 1. The van der Waals surface area contributed by atoms with Gasteiger partial charge in [0.2, 0.25) is 20.0 Å². The summed E-state index contributed by atoms with van der Waals surface area (Å²) in [7, 11) is -7.96. The van der Waals surface area contributed by atoms with E-state index in [-0.39, 0.29) is 9.79 Å². The number of primary sulfonamides is 1. The van der Waals surface area contributed by atoms with Gasteiger partial charge in [0.1, 0.15) is 0 Å². The first kappa shape index (κ1) is 17.1. The number of benzene rings is 1. The summed E-state index contributed by atoms with van der Waals surface area (Å²) < 4.78 is 49.1. The average Bonchev–Trinajstić information content (AvgIpc) is 2.26. The summed E-state index contributed by atoms with van der Waals surface area (Å²) in [5.41, 5.74) is -1.10. The molecule has 20 heavy (non-hydrogen) atoms. The van der Waals surface area contributed by atoms with Crippen molar-refractivity contribution in [3.63, 3.8) is 0 Å². The highest BCUT2D eigenvalue weighted by atomic mass is 32.2. The Morgan fingerprint density at radius 2 is 1.70 bits per heavy atom. The number of sulfonamides is 2. The van der Waals surface area contributed by atoms with E-state index in [1.807, 2.05) is 0 Å². The van der Waals surface area contributed by atoms with Gasteiger partial charge in [-0.05, 0) is 39.0 Å². The molecule has 1 aromatic carbocycles. The number of rotatable bonds is 5. The number of hydrogen-bond acceptors (Lipinski definition) is 5. The monoisotopic (exact) mass is 322 g/mol. The summed E-state index contributed by atoms with van der Waals surface area (Å²) in [4.78, 5) is -0.534. The predicted octanol–water partition coefficient (Wildman–Crippen LogP) is -0.228. The molecule has 1 rings (SSSR count). The minimum atomic E-state index is -3.99. The highest BCUT2D eigenvalue weighted by Gasteiger charge is 2.30. The van der Waals surface area contributed by atoms with Crippen molar-refractivity contribution in [3.8, 4) is 0 Å². The second-order valence-corrected chi connectivity index (χ2v) is 8.27. The van der Waals surface area contributed by atoms with Crippen LogP contribution in [0.5, 0.6) is 0 Å². The van der Waals surface area contributed by atoms with Gasteiger partial charge in [0, 0.05) is 0 Å². The van der Waals surface area contributed by atoms with Crippen molar-refractivity contribution in [1.82, 2.24) is 4.72 Å². The molecule has 0 saturated heterocycles. The van der Waals surface area contributed by atoms with Crippen molar-refractivity contribution >= 4 is 20.0 Å². The zero-order valence-corrected chi connectivity index (χ0v) is 13.0. The SMILES string of the molecule is CC(O)C(C)(C)NS(=O)(=O)c1cccc(S(N)(=O)=O)c1. The highest BCUT2D eigenvalue weighted by Crippen LogP contribution is 2.18. The van der Waals surface area contributed by atoms with Gasteiger partial charge in [0.15, 0.2) is 0 Å². The molecule has 0 heterocycles. The molecule has 7 nitrogen and oxygen atoms in total. The van der Waals surface area contributed by atoms with Crippen LogP contribution in [0.2, 0.25) is 0 Å². The molecule has 0 radical (unpaired) electrons. The summed E-state index contributed by atoms with van der Waals surface area (Å²) in [5, 5.41) is 14.5. The molecule has 0 aromatic heterocycles. The smallest absolute Gasteiger partial charge is 0.241 e. The van der Waals surface area contributed by atoms with Crippen LogP contribution < -0.4 is 9.86 Å². The van der Waals surface area contributed by atoms with Crippen LogP contribution in [0.1, 0.15) is 20.8 Å². The molecule has 114 valence electrons. The van der Waals surface area contributed by atoms with E-state index in [4.69, 9.17) is 5.14 Å². The first-order valence-corrected chi connectivity index (χ1v) is 8.74. The average molecular weight is 322 g/mol. The third-order valence-electron chi connectivity index (χ3n) is 2.89. The van der Waals surface area contributed by atoms with Crippen molar-refractivity contribution in [3.05, 3.63) is 24.3 Å². The molecular formula is C11H18N2O5S2. The van der Waals surface area contributed by atoms with Crippen LogP contribution in [-0.2, 0) is 20.0 Å². The van der Waals surface area contributed by atoms with Gasteiger partial charge in [0.25, 0.3) is 0 Å². The van der Waals surface area contributed by atoms with Gasteiger partial charge in [-0.3, -0.25) is 0 Å². The van der Waals surface area contributed by atoms with Gasteiger partial charge < -0.3 is 5.11 Å². The lowest BCUT2D eigenvalue weighted by Crippen LogP contribution is -2.50. The third-order valence-corrected chi connectivity index (χ3v) is 5.47. The first-order valence-electron chi connectivity index (χ1n) is 5.71. The van der Waals surface area contributed by atoms with E-state index < -0.39 is 31.7 Å². The molecule has 9 heteroatoms.